The number of alkyl halides is 3. The van der Waals surface area contributed by atoms with Gasteiger partial charge in [-0.2, -0.15) is 13.2 Å². The highest BCUT2D eigenvalue weighted by atomic mass is 19.4. The molecule has 0 aromatic carbocycles. The molecule has 3 rings (SSSR count). The zero-order valence-electron chi connectivity index (χ0n) is 12.1. The summed E-state index contributed by atoms with van der Waals surface area (Å²) in [7, 11) is 0. The molecule has 3 saturated carbocycles. The van der Waals surface area contributed by atoms with Crippen molar-refractivity contribution in [1.29, 1.82) is 0 Å². The number of hydrogen-bond donors (Lipinski definition) is 1. The Morgan fingerprint density at radius 1 is 1.14 bits per heavy atom. The Kier molecular flexibility index (Phi) is 3.93. The van der Waals surface area contributed by atoms with E-state index in [-0.39, 0.29) is 24.4 Å². The molecule has 3 fully saturated rings. The van der Waals surface area contributed by atoms with Crippen molar-refractivity contribution < 1.29 is 18.0 Å². The lowest BCUT2D eigenvalue weighted by Gasteiger charge is -2.33. The van der Waals surface area contributed by atoms with Gasteiger partial charge in [0.2, 0.25) is 5.91 Å². The summed E-state index contributed by atoms with van der Waals surface area (Å²) in [6, 6.07) is -0.149. The van der Waals surface area contributed by atoms with Crippen LogP contribution in [0.1, 0.15) is 38.5 Å². The predicted octanol–water partition coefficient (Wildman–Crippen LogP) is 2.55. The van der Waals surface area contributed by atoms with E-state index in [2.05, 4.69) is 0 Å². The average molecular weight is 304 g/mol. The SMILES string of the molecule is N[C@@H]1[C@H]2CC[C@@H](C2)[C@H]1C(=O)N(CCC(F)(F)F)CC1CC1. The Morgan fingerprint density at radius 3 is 2.33 bits per heavy atom. The quantitative estimate of drug-likeness (QED) is 0.848. The van der Waals surface area contributed by atoms with Crippen LogP contribution in [0.2, 0.25) is 0 Å². The van der Waals surface area contributed by atoms with Crippen molar-refractivity contribution in [3.63, 3.8) is 0 Å². The van der Waals surface area contributed by atoms with E-state index in [1.165, 1.54) is 4.90 Å². The van der Waals surface area contributed by atoms with Crippen LogP contribution in [0.4, 0.5) is 13.2 Å². The molecule has 0 radical (unpaired) electrons. The molecule has 0 aromatic rings. The van der Waals surface area contributed by atoms with E-state index >= 15 is 0 Å². The van der Waals surface area contributed by atoms with E-state index in [0.29, 0.717) is 24.3 Å². The maximum absolute atomic E-state index is 12.7. The van der Waals surface area contributed by atoms with Crippen molar-refractivity contribution in [2.45, 2.75) is 50.7 Å². The third-order valence-electron chi connectivity index (χ3n) is 5.42. The molecular formula is C15H23F3N2O. The Hall–Kier alpha value is -0.780. The van der Waals surface area contributed by atoms with Gasteiger partial charge in [0, 0.05) is 19.1 Å². The van der Waals surface area contributed by atoms with Gasteiger partial charge in [-0.05, 0) is 49.9 Å². The number of fused-ring (bicyclic) bond motifs is 2. The van der Waals surface area contributed by atoms with Crippen molar-refractivity contribution in [3.05, 3.63) is 0 Å². The minimum absolute atomic E-state index is 0.120. The highest BCUT2D eigenvalue weighted by Gasteiger charge is 2.50. The summed E-state index contributed by atoms with van der Waals surface area (Å²) in [6.07, 6.45) is -0.0161. The van der Waals surface area contributed by atoms with Gasteiger partial charge in [0.25, 0.3) is 0 Å². The van der Waals surface area contributed by atoms with E-state index in [0.717, 1.165) is 32.1 Å². The summed E-state index contributed by atoms with van der Waals surface area (Å²) in [5, 5.41) is 0. The largest absolute Gasteiger partial charge is 0.390 e. The molecule has 0 heterocycles. The first-order valence-electron chi connectivity index (χ1n) is 7.96. The number of halogens is 3. The molecule has 3 nitrogen and oxygen atoms in total. The van der Waals surface area contributed by atoms with Crippen molar-refractivity contribution in [2.24, 2.45) is 29.4 Å². The average Bonchev–Trinajstić information content (AvgIpc) is 3.00. The Balaban J connectivity index is 1.65. The fraction of sp³-hybridized carbons (Fsp3) is 0.933. The Bertz CT molecular complexity index is 406. The molecule has 6 heteroatoms. The molecule has 1 amide bonds. The monoisotopic (exact) mass is 304 g/mol. The maximum Gasteiger partial charge on any atom is 0.390 e. The molecule has 2 bridgehead atoms. The molecule has 0 spiro atoms. The molecule has 4 atom stereocenters. The number of carbonyl (C=O) groups excluding carboxylic acids is 1. The highest BCUT2D eigenvalue weighted by Crippen LogP contribution is 2.48. The normalized spacial score (nSPS) is 35.2. The predicted molar refractivity (Wildman–Crippen MR) is 72.3 cm³/mol. The maximum atomic E-state index is 12.7. The van der Waals surface area contributed by atoms with Gasteiger partial charge in [0.1, 0.15) is 0 Å². The smallest absolute Gasteiger partial charge is 0.342 e. The summed E-state index contributed by atoms with van der Waals surface area (Å²) >= 11 is 0. The van der Waals surface area contributed by atoms with Crippen molar-refractivity contribution in [1.82, 2.24) is 4.90 Å². The third kappa shape index (κ3) is 3.35. The Morgan fingerprint density at radius 2 is 1.81 bits per heavy atom. The number of rotatable bonds is 5. The van der Waals surface area contributed by atoms with Crippen LogP contribution >= 0.6 is 0 Å². The van der Waals surface area contributed by atoms with Crippen molar-refractivity contribution in [2.75, 3.05) is 13.1 Å². The van der Waals surface area contributed by atoms with Crippen LogP contribution in [0.25, 0.3) is 0 Å². The van der Waals surface area contributed by atoms with Gasteiger partial charge < -0.3 is 10.6 Å². The number of nitrogens with zero attached hydrogens (tertiary/aromatic N) is 1. The van der Waals surface area contributed by atoms with Crippen LogP contribution in [0, 0.1) is 23.7 Å². The van der Waals surface area contributed by atoms with Gasteiger partial charge in [0.15, 0.2) is 0 Å². The number of nitrogens with two attached hydrogens (primary N) is 1. The summed E-state index contributed by atoms with van der Waals surface area (Å²) < 4.78 is 37.4. The fourth-order valence-electron chi connectivity index (χ4n) is 4.08. The lowest BCUT2D eigenvalue weighted by molar-refractivity contribution is -0.149. The molecule has 120 valence electrons. The summed E-state index contributed by atoms with van der Waals surface area (Å²) in [5.74, 6) is 0.734. The fourth-order valence-corrected chi connectivity index (χ4v) is 4.08. The molecule has 0 saturated heterocycles. The lowest BCUT2D eigenvalue weighted by atomic mass is 9.84. The molecule has 3 aliphatic rings. The molecular weight excluding hydrogens is 281 g/mol. The highest BCUT2D eigenvalue weighted by molar-refractivity contribution is 5.80. The Labute approximate surface area is 123 Å². The number of carbonyl (C=O) groups is 1. The van der Waals surface area contributed by atoms with Crippen LogP contribution in [-0.4, -0.2) is 36.1 Å². The van der Waals surface area contributed by atoms with E-state index in [1.807, 2.05) is 0 Å². The first-order chi connectivity index (χ1) is 9.85. The van der Waals surface area contributed by atoms with E-state index < -0.39 is 12.6 Å². The van der Waals surface area contributed by atoms with E-state index in [1.54, 1.807) is 0 Å². The molecule has 3 aliphatic carbocycles. The van der Waals surface area contributed by atoms with Gasteiger partial charge in [-0.1, -0.05) is 0 Å². The second-order valence-electron chi connectivity index (χ2n) is 7.03. The van der Waals surface area contributed by atoms with Gasteiger partial charge in [-0.15, -0.1) is 0 Å². The first kappa shape index (κ1) is 15.1. The summed E-state index contributed by atoms with van der Waals surface area (Å²) in [4.78, 5) is 14.2. The van der Waals surface area contributed by atoms with Crippen LogP contribution in [0.3, 0.4) is 0 Å². The topological polar surface area (TPSA) is 46.3 Å². The zero-order chi connectivity index (χ0) is 15.2. The second kappa shape index (κ2) is 5.45. The zero-order valence-corrected chi connectivity index (χ0v) is 12.1. The standard InChI is InChI=1S/C15H23F3N2O/c16-15(17,18)5-6-20(8-9-1-2-9)14(21)12-10-3-4-11(7-10)13(12)19/h9-13H,1-8,19H2/t10-,11-,12+,13+/m0/s1. The first-order valence-corrected chi connectivity index (χ1v) is 7.96. The van der Waals surface area contributed by atoms with E-state index in [4.69, 9.17) is 5.73 Å². The van der Waals surface area contributed by atoms with Gasteiger partial charge in [-0.3, -0.25) is 4.79 Å². The minimum Gasteiger partial charge on any atom is -0.342 e. The third-order valence-corrected chi connectivity index (χ3v) is 5.42. The molecule has 0 aliphatic heterocycles. The van der Waals surface area contributed by atoms with Crippen molar-refractivity contribution in [3.8, 4) is 0 Å². The van der Waals surface area contributed by atoms with Crippen LogP contribution in [-0.2, 0) is 4.79 Å². The molecule has 21 heavy (non-hydrogen) atoms. The van der Waals surface area contributed by atoms with Crippen LogP contribution in [0.5, 0.6) is 0 Å². The lowest BCUT2D eigenvalue weighted by Crippen LogP contribution is -2.48. The summed E-state index contributed by atoms with van der Waals surface area (Å²) in [5.41, 5.74) is 6.16. The molecule has 0 aromatic heterocycles. The minimum atomic E-state index is -4.21. The number of hydrogen-bond acceptors (Lipinski definition) is 2. The van der Waals surface area contributed by atoms with Crippen molar-refractivity contribution >= 4 is 5.91 Å². The number of amides is 1. The van der Waals surface area contributed by atoms with E-state index in [9.17, 15) is 18.0 Å². The van der Waals surface area contributed by atoms with Gasteiger partial charge in [-0.25, -0.2) is 0 Å². The van der Waals surface area contributed by atoms with Crippen LogP contribution in [0.15, 0.2) is 0 Å². The molecule has 2 N–H and O–H groups in total. The second-order valence-corrected chi connectivity index (χ2v) is 7.03. The van der Waals surface area contributed by atoms with Crippen LogP contribution < -0.4 is 5.73 Å². The van der Waals surface area contributed by atoms with Gasteiger partial charge in [0.05, 0.1) is 12.3 Å². The van der Waals surface area contributed by atoms with Gasteiger partial charge >= 0.3 is 6.18 Å². The summed E-state index contributed by atoms with van der Waals surface area (Å²) in [6.45, 7) is 0.273. The molecule has 0 unspecified atom stereocenters.